The fourth-order valence-corrected chi connectivity index (χ4v) is 21.1. The van der Waals surface area contributed by atoms with Crippen LogP contribution in [-0.4, -0.2) is 17.6 Å². The zero-order valence-corrected chi connectivity index (χ0v) is 66.3. The molecule has 3 aliphatic rings. The molecule has 14 aromatic rings. The average molecular weight is 1460 g/mol. The van der Waals surface area contributed by atoms with Gasteiger partial charge in [0.2, 0.25) is 9.84 Å². The van der Waals surface area contributed by atoms with Gasteiger partial charge in [0.25, 0.3) is 0 Å². The van der Waals surface area contributed by atoms with Crippen LogP contribution in [0.15, 0.2) is 252 Å². The lowest BCUT2D eigenvalue weighted by Gasteiger charge is -2.33. The monoisotopic (exact) mass is 1460 g/mol. The maximum atomic E-state index is 14.9. The van der Waals surface area contributed by atoms with E-state index in [2.05, 4.69) is 255 Å². The summed E-state index contributed by atoms with van der Waals surface area (Å²) in [5.74, 6) is 0. The Balaban J connectivity index is 0.896. The highest BCUT2D eigenvalue weighted by Crippen LogP contribution is 2.66. The van der Waals surface area contributed by atoms with E-state index in [-0.39, 0.29) is 0 Å². The molecule has 0 saturated heterocycles. The molecule has 0 fully saturated rings. The van der Waals surface area contributed by atoms with E-state index in [4.69, 9.17) is 0 Å². The lowest BCUT2D eigenvalue weighted by molar-refractivity contribution is 0.598. The summed E-state index contributed by atoms with van der Waals surface area (Å²) in [7, 11) is -3.82. The molecule has 1 aliphatic heterocycles. The van der Waals surface area contributed by atoms with Crippen LogP contribution in [0.5, 0.6) is 0 Å². The minimum Gasteiger partial charge on any atom is -0.309 e. The molecule has 5 heteroatoms. The summed E-state index contributed by atoms with van der Waals surface area (Å²) >= 11 is 0. The molecule has 0 N–H and O–H groups in total. The van der Waals surface area contributed by atoms with Crippen LogP contribution in [0.3, 0.4) is 0 Å². The van der Waals surface area contributed by atoms with Gasteiger partial charge in [0.05, 0.1) is 37.3 Å². The number of fused-ring (bicyclic) bond motifs is 19. The van der Waals surface area contributed by atoms with Gasteiger partial charge in [-0.25, -0.2) is 8.42 Å². The van der Waals surface area contributed by atoms with Crippen LogP contribution in [-0.2, 0) is 40.9 Å². The maximum absolute atomic E-state index is 14.9. The minimum absolute atomic E-state index is 0.357. The van der Waals surface area contributed by atoms with Gasteiger partial charge >= 0.3 is 0 Å². The zero-order valence-electron chi connectivity index (χ0n) is 65.5. The number of benzene rings is 12. The average Bonchev–Trinajstić information content (AvgIpc) is 1.49. The van der Waals surface area contributed by atoms with E-state index in [0.29, 0.717) is 9.79 Å². The van der Waals surface area contributed by atoms with Crippen LogP contribution in [0.1, 0.15) is 226 Å². The molecule has 12 aromatic carbocycles. The predicted octanol–water partition coefficient (Wildman–Crippen LogP) is 29.7. The van der Waals surface area contributed by atoms with Crippen molar-refractivity contribution >= 4 is 53.4 Å². The summed E-state index contributed by atoms with van der Waals surface area (Å²) in [4.78, 5) is 0.718. The Morgan fingerprint density at radius 2 is 0.591 bits per heavy atom. The Kier molecular flexibility index (Phi) is 21.4. The Morgan fingerprint density at radius 3 is 1.01 bits per heavy atom. The zero-order chi connectivity index (χ0) is 74.7. The molecule has 2 aliphatic carbocycles. The number of aryl methyl sites for hydroxylation is 4. The molecule has 17 rings (SSSR count). The molecule has 556 valence electrons. The Bertz CT molecular complexity index is 5480. The number of rotatable bonds is 33. The molecular weight excluding hydrogens is 1350 g/mol. The van der Waals surface area contributed by atoms with Gasteiger partial charge in [0.15, 0.2) is 0 Å². The number of sulfone groups is 1. The van der Waals surface area contributed by atoms with E-state index in [1.165, 1.54) is 276 Å². The van der Waals surface area contributed by atoms with Crippen molar-refractivity contribution in [2.75, 3.05) is 0 Å². The van der Waals surface area contributed by atoms with Gasteiger partial charge in [0, 0.05) is 44.0 Å². The van der Waals surface area contributed by atoms with E-state index in [1.807, 2.05) is 24.3 Å². The first kappa shape index (κ1) is 73.0. The van der Waals surface area contributed by atoms with Crippen LogP contribution >= 0.6 is 0 Å². The summed E-state index contributed by atoms with van der Waals surface area (Å²) in [6.45, 7) is 9.23. The summed E-state index contributed by atoms with van der Waals surface area (Å²) in [6.07, 6.45) is 35.0. The van der Waals surface area contributed by atoms with Crippen molar-refractivity contribution in [2.24, 2.45) is 0 Å². The third kappa shape index (κ3) is 13.6. The fourth-order valence-electron chi connectivity index (χ4n) is 19.5. The van der Waals surface area contributed by atoms with Gasteiger partial charge in [-0.1, -0.05) is 296 Å². The number of nitrogens with zero attached hydrogens (tertiary/aromatic N) is 2. The van der Waals surface area contributed by atoms with E-state index >= 15 is 0 Å². The van der Waals surface area contributed by atoms with Crippen LogP contribution in [0.25, 0.3) is 122 Å². The molecule has 0 atom stereocenters. The van der Waals surface area contributed by atoms with Crippen LogP contribution in [0, 0.1) is 0 Å². The van der Waals surface area contributed by atoms with Gasteiger partial charge in [-0.2, -0.15) is 0 Å². The van der Waals surface area contributed by atoms with Crippen molar-refractivity contribution in [3.05, 3.63) is 287 Å². The second-order valence-corrected chi connectivity index (χ2v) is 34.4. The third-order valence-electron chi connectivity index (χ3n) is 25.2. The van der Waals surface area contributed by atoms with Gasteiger partial charge < -0.3 is 9.13 Å². The van der Waals surface area contributed by atoms with Crippen molar-refractivity contribution < 1.29 is 8.42 Å². The molecule has 3 heterocycles. The molecule has 0 bridgehead atoms. The summed E-state index contributed by atoms with van der Waals surface area (Å²) in [6, 6.07) is 92.3. The standard InChI is InChI=1S/C105H108N2O2S/c1-5-9-13-17-21-27-36-73-46-58-98-89(64-73)90-65-74(37-28-22-18-14-10-6-2)47-59-99(90)106(98)82-53-56-85-86-57-54-83(107-100-60-48-75(38-29-23-19-15-11-7-3)66-91(100)92-67-76(49-61-101(92)107)39-30-24-20-16-12-8-4)72-97(86)105(96(85)71-82)95-70-80(78-42-33-26-34-43-78)50-55-87(95)88-45-35-44-84(104(88)105)81-52-63-103-94(69-81)93-68-79(77-40-31-25-32-41-77)51-62-102(93)110(103,108)109/h25-26,31-35,40-72H,5-24,27-30,36-39H2,1-4H3. The van der Waals surface area contributed by atoms with Crippen molar-refractivity contribution in [1.82, 2.24) is 9.13 Å². The van der Waals surface area contributed by atoms with Crippen LogP contribution in [0.4, 0.5) is 0 Å². The summed E-state index contributed by atoms with van der Waals surface area (Å²) < 4.78 is 35.0. The second-order valence-electron chi connectivity index (χ2n) is 32.5. The largest absolute Gasteiger partial charge is 0.309 e. The van der Waals surface area contributed by atoms with Crippen molar-refractivity contribution in [2.45, 2.75) is 223 Å². The van der Waals surface area contributed by atoms with Crippen molar-refractivity contribution in [3.8, 4) is 78.1 Å². The topological polar surface area (TPSA) is 44.0 Å². The number of hydrogen-bond donors (Lipinski definition) is 0. The first-order chi connectivity index (χ1) is 54.2. The van der Waals surface area contributed by atoms with Gasteiger partial charge in [-0.05, 0) is 255 Å². The Morgan fingerprint density at radius 1 is 0.255 bits per heavy atom. The molecule has 0 saturated carbocycles. The lowest BCUT2D eigenvalue weighted by atomic mass is 9.68. The smallest absolute Gasteiger partial charge is 0.207 e. The summed E-state index contributed by atoms with van der Waals surface area (Å²) in [5, 5.41) is 5.31. The highest BCUT2D eigenvalue weighted by Gasteiger charge is 2.54. The molecular formula is C105H108N2O2S. The van der Waals surface area contributed by atoms with Gasteiger partial charge in [-0.3, -0.25) is 0 Å². The van der Waals surface area contributed by atoms with E-state index in [0.717, 1.165) is 70.4 Å². The molecule has 0 amide bonds. The first-order valence-electron chi connectivity index (χ1n) is 42.5. The molecule has 2 aromatic heterocycles. The summed E-state index contributed by atoms with van der Waals surface area (Å²) in [5.41, 5.74) is 29.7. The van der Waals surface area contributed by atoms with Gasteiger partial charge in [-0.15, -0.1) is 0 Å². The van der Waals surface area contributed by atoms with Crippen LogP contribution < -0.4 is 0 Å². The minimum atomic E-state index is -3.82. The fraction of sp³-hybridized carbons (Fsp3) is 0.314. The molecule has 0 radical (unpaired) electrons. The van der Waals surface area contributed by atoms with E-state index < -0.39 is 15.3 Å². The Hall–Kier alpha value is -9.81. The van der Waals surface area contributed by atoms with Crippen LogP contribution in [0.2, 0.25) is 0 Å². The number of unbranched alkanes of at least 4 members (excludes halogenated alkanes) is 20. The molecule has 4 nitrogen and oxygen atoms in total. The number of aromatic nitrogens is 2. The normalized spacial score (nSPS) is 13.4. The lowest BCUT2D eigenvalue weighted by Crippen LogP contribution is -2.27. The number of hydrogen-bond acceptors (Lipinski definition) is 2. The third-order valence-corrected chi connectivity index (χ3v) is 27.1. The maximum Gasteiger partial charge on any atom is 0.207 e. The molecule has 1 spiro atoms. The molecule has 110 heavy (non-hydrogen) atoms. The van der Waals surface area contributed by atoms with E-state index in [9.17, 15) is 8.42 Å². The van der Waals surface area contributed by atoms with E-state index in [1.54, 1.807) is 0 Å². The first-order valence-corrected chi connectivity index (χ1v) is 44.0. The highest BCUT2D eigenvalue weighted by atomic mass is 32.2. The quantitative estimate of drug-likeness (QED) is 0.0385. The highest BCUT2D eigenvalue weighted by molar-refractivity contribution is 7.92. The van der Waals surface area contributed by atoms with Crippen molar-refractivity contribution in [1.29, 1.82) is 0 Å². The van der Waals surface area contributed by atoms with Crippen molar-refractivity contribution in [3.63, 3.8) is 0 Å². The SMILES string of the molecule is CCCCCCCCc1ccc2c(c1)c1cc(CCCCCCCC)ccc1n2-c1ccc2c(c1)C1(c3cc(-n4c5ccc(CCCCCCCC)cc5c5cc(CCCCCCCC)ccc54)ccc3-2)c2cc(-c3ccccc3)ccc2-c2cccc(-c3ccc4c(c3)-c3cc(-c5ccccc5)ccc3S4(=O)=O)c21. The molecule has 0 unspecified atom stereocenters. The second kappa shape index (κ2) is 32.3. The Labute approximate surface area is 654 Å². The van der Waals surface area contributed by atoms with Gasteiger partial charge in [0.1, 0.15) is 0 Å². The predicted molar refractivity (Wildman–Crippen MR) is 467 cm³/mol.